The molecule has 1 aliphatic heterocycles. The van der Waals surface area contributed by atoms with Crippen LogP contribution < -0.4 is 0 Å². The summed E-state index contributed by atoms with van der Waals surface area (Å²) in [5.74, 6) is -0.173. The van der Waals surface area contributed by atoms with Gasteiger partial charge in [-0.1, -0.05) is 17.7 Å². The first-order chi connectivity index (χ1) is 13.4. The molecule has 0 saturated carbocycles. The zero-order chi connectivity index (χ0) is 19.8. The Morgan fingerprint density at radius 3 is 2.75 bits per heavy atom. The van der Waals surface area contributed by atoms with Gasteiger partial charge in [0.25, 0.3) is 11.6 Å². The van der Waals surface area contributed by atoms with E-state index in [1.165, 1.54) is 22.8 Å². The smallest absolute Gasteiger partial charge is 0.274 e. The van der Waals surface area contributed by atoms with Gasteiger partial charge < -0.3 is 4.90 Å². The number of hydrogen-bond donors (Lipinski definition) is 0. The number of nitro groups is 1. The standard InChI is InChI=1S/C19H16ClN5O3/c1-12-8-14(13-2-4-16(5-3-13)25(27)28)6-7-23(12)19(26)17-9-18-21-10-15(20)11-24(18)22-17/h2-6,9-12H,7-8H2,1H3. The number of benzene rings is 1. The van der Waals surface area contributed by atoms with Gasteiger partial charge in [-0.3, -0.25) is 14.9 Å². The van der Waals surface area contributed by atoms with Crippen LogP contribution in [0.5, 0.6) is 0 Å². The lowest BCUT2D eigenvalue weighted by molar-refractivity contribution is -0.384. The van der Waals surface area contributed by atoms with E-state index in [2.05, 4.69) is 10.1 Å². The molecular weight excluding hydrogens is 382 g/mol. The van der Waals surface area contributed by atoms with Gasteiger partial charge in [0, 0.05) is 37.0 Å². The second-order valence-electron chi connectivity index (χ2n) is 6.65. The predicted molar refractivity (Wildman–Crippen MR) is 104 cm³/mol. The average molecular weight is 398 g/mol. The van der Waals surface area contributed by atoms with Crippen LogP contribution in [0.3, 0.4) is 0 Å². The number of fused-ring (bicyclic) bond motifs is 1. The van der Waals surface area contributed by atoms with Crippen molar-refractivity contribution in [2.24, 2.45) is 0 Å². The van der Waals surface area contributed by atoms with Gasteiger partial charge in [0.1, 0.15) is 0 Å². The summed E-state index contributed by atoms with van der Waals surface area (Å²) in [6, 6.07) is 8.07. The Morgan fingerprint density at radius 1 is 1.32 bits per heavy atom. The third-order valence-electron chi connectivity index (χ3n) is 4.79. The summed E-state index contributed by atoms with van der Waals surface area (Å²) in [4.78, 5) is 29.2. The van der Waals surface area contributed by atoms with E-state index in [4.69, 9.17) is 11.6 Å². The van der Waals surface area contributed by atoms with Crippen molar-refractivity contribution in [1.29, 1.82) is 0 Å². The highest BCUT2D eigenvalue weighted by Crippen LogP contribution is 2.28. The lowest BCUT2D eigenvalue weighted by atomic mass is 9.94. The van der Waals surface area contributed by atoms with Crippen molar-refractivity contribution in [3.63, 3.8) is 0 Å². The second kappa shape index (κ2) is 7.05. The molecule has 4 rings (SSSR count). The number of non-ortho nitro benzene ring substituents is 1. The summed E-state index contributed by atoms with van der Waals surface area (Å²) < 4.78 is 1.49. The average Bonchev–Trinajstić information content (AvgIpc) is 3.10. The van der Waals surface area contributed by atoms with Gasteiger partial charge in [-0.05, 0) is 36.6 Å². The van der Waals surface area contributed by atoms with Crippen LogP contribution in [-0.4, -0.2) is 42.9 Å². The molecule has 1 unspecified atom stereocenters. The number of aromatic nitrogens is 3. The Bertz CT molecular complexity index is 1110. The molecule has 1 aliphatic rings. The summed E-state index contributed by atoms with van der Waals surface area (Å²) in [5.41, 5.74) is 2.92. The summed E-state index contributed by atoms with van der Waals surface area (Å²) in [6.07, 6.45) is 5.74. The topological polar surface area (TPSA) is 93.6 Å². The van der Waals surface area contributed by atoms with Gasteiger partial charge >= 0.3 is 0 Å². The van der Waals surface area contributed by atoms with E-state index >= 15 is 0 Å². The summed E-state index contributed by atoms with van der Waals surface area (Å²) in [6.45, 7) is 2.41. The number of nitrogens with zero attached hydrogens (tertiary/aromatic N) is 5. The fraction of sp³-hybridized carbons (Fsp3) is 0.211. The molecule has 0 fully saturated rings. The number of carbonyl (C=O) groups is 1. The van der Waals surface area contributed by atoms with E-state index in [0.29, 0.717) is 29.3 Å². The van der Waals surface area contributed by atoms with E-state index in [1.807, 2.05) is 13.0 Å². The van der Waals surface area contributed by atoms with Gasteiger partial charge in [-0.2, -0.15) is 5.10 Å². The molecule has 1 aromatic carbocycles. The maximum absolute atomic E-state index is 12.9. The van der Waals surface area contributed by atoms with Crippen LogP contribution in [0.2, 0.25) is 5.02 Å². The van der Waals surface area contributed by atoms with E-state index in [-0.39, 0.29) is 17.6 Å². The molecule has 0 radical (unpaired) electrons. The Hall–Kier alpha value is -3.26. The Balaban J connectivity index is 1.55. The van der Waals surface area contributed by atoms with Crippen LogP contribution in [0.4, 0.5) is 5.69 Å². The first-order valence-electron chi connectivity index (χ1n) is 8.68. The van der Waals surface area contributed by atoms with Crippen LogP contribution in [0.15, 0.2) is 48.8 Å². The first-order valence-corrected chi connectivity index (χ1v) is 9.06. The van der Waals surface area contributed by atoms with Crippen LogP contribution in [0.25, 0.3) is 11.2 Å². The SMILES string of the molecule is CC1CC(c2ccc([N+](=O)[O-])cc2)=CCN1C(=O)c1cc2ncc(Cl)cn2n1. The molecule has 28 heavy (non-hydrogen) atoms. The molecule has 142 valence electrons. The fourth-order valence-corrected chi connectivity index (χ4v) is 3.46. The highest BCUT2D eigenvalue weighted by atomic mass is 35.5. The molecule has 3 heterocycles. The fourth-order valence-electron chi connectivity index (χ4n) is 3.32. The van der Waals surface area contributed by atoms with E-state index < -0.39 is 4.92 Å². The third kappa shape index (κ3) is 3.34. The van der Waals surface area contributed by atoms with Gasteiger partial charge in [-0.25, -0.2) is 9.50 Å². The minimum Gasteiger partial charge on any atom is -0.330 e. The number of halogens is 1. The molecule has 1 atom stereocenters. The third-order valence-corrected chi connectivity index (χ3v) is 4.99. The molecule has 0 N–H and O–H groups in total. The van der Waals surface area contributed by atoms with Gasteiger partial charge in [-0.15, -0.1) is 0 Å². The van der Waals surface area contributed by atoms with Gasteiger partial charge in [0.2, 0.25) is 0 Å². The van der Waals surface area contributed by atoms with Crippen LogP contribution in [0.1, 0.15) is 29.4 Å². The zero-order valence-corrected chi connectivity index (χ0v) is 15.7. The minimum atomic E-state index is -0.418. The van der Waals surface area contributed by atoms with Crippen molar-refractivity contribution in [3.05, 3.63) is 75.2 Å². The quantitative estimate of drug-likeness (QED) is 0.497. The molecule has 0 aliphatic carbocycles. The van der Waals surface area contributed by atoms with Gasteiger partial charge in [0.15, 0.2) is 11.3 Å². The largest absolute Gasteiger partial charge is 0.330 e. The first kappa shape index (κ1) is 18.1. The highest BCUT2D eigenvalue weighted by molar-refractivity contribution is 6.30. The van der Waals surface area contributed by atoms with Crippen LogP contribution in [0, 0.1) is 10.1 Å². The van der Waals surface area contributed by atoms with Gasteiger partial charge in [0.05, 0.1) is 16.1 Å². The number of nitro benzene ring substituents is 1. The summed E-state index contributed by atoms with van der Waals surface area (Å²) in [7, 11) is 0. The molecule has 0 spiro atoms. The molecule has 9 heteroatoms. The van der Waals surface area contributed by atoms with Crippen molar-refractivity contribution in [1.82, 2.24) is 19.5 Å². The number of hydrogen-bond acceptors (Lipinski definition) is 5. The van der Waals surface area contributed by atoms with Crippen LogP contribution in [-0.2, 0) is 0 Å². The van der Waals surface area contributed by atoms with Crippen molar-refractivity contribution in [3.8, 4) is 0 Å². The number of amides is 1. The van der Waals surface area contributed by atoms with E-state index in [9.17, 15) is 14.9 Å². The minimum absolute atomic E-state index is 0.0379. The monoisotopic (exact) mass is 397 g/mol. The van der Waals surface area contributed by atoms with E-state index in [1.54, 1.807) is 29.3 Å². The molecular formula is C19H16ClN5O3. The molecule has 0 bridgehead atoms. The molecule has 1 amide bonds. The summed E-state index contributed by atoms with van der Waals surface area (Å²) >= 11 is 5.92. The lowest BCUT2D eigenvalue weighted by Gasteiger charge is -2.32. The Labute approximate surface area is 165 Å². The Morgan fingerprint density at radius 2 is 2.07 bits per heavy atom. The highest BCUT2D eigenvalue weighted by Gasteiger charge is 2.27. The zero-order valence-electron chi connectivity index (χ0n) is 14.9. The maximum Gasteiger partial charge on any atom is 0.274 e. The number of rotatable bonds is 3. The number of carbonyl (C=O) groups excluding carboxylic acids is 1. The van der Waals surface area contributed by atoms with Crippen LogP contribution >= 0.6 is 11.6 Å². The predicted octanol–water partition coefficient (Wildman–Crippen LogP) is 3.61. The molecule has 3 aromatic rings. The Kier molecular flexibility index (Phi) is 4.56. The van der Waals surface area contributed by atoms with Crippen molar-refractivity contribution >= 4 is 34.4 Å². The molecule has 2 aromatic heterocycles. The molecule has 8 nitrogen and oxygen atoms in total. The van der Waals surface area contributed by atoms with Crippen molar-refractivity contribution < 1.29 is 9.72 Å². The van der Waals surface area contributed by atoms with Crippen molar-refractivity contribution in [2.45, 2.75) is 19.4 Å². The van der Waals surface area contributed by atoms with Crippen molar-refractivity contribution in [2.75, 3.05) is 6.54 Å². The normalized spacial score (nSPS) is 16.9. The molecule has 0 saturated heterocycles. The summed E-state index contributed by atoms with van der Waals surface area (Å²) in [5, 5.41) is 15.5. The maximum atomic E-state index is 12.9. The second-order valence-corrected chi connectivity index (χ2v) is 7.08. The lowest BCUT2D eigenvalue weighted by Crippen LogP contribution is -2.41. The van der Waals surface area contributed by atoms with E-state index in [0.717, 1.165) is 11.1 Å².